The van der Waals surface area contributed by atoms with Crippen LogP contribution in [0.2, 0.25) is 0 Å². The maximum absolute atomic E-state index is 13.3. The van der Waals surface area contributed by atoms with Crippen molar-refractivity contribution in [2.24, 2.45) is 5.92 Å². The van der Waals surface area contributed by atoms with E-state index in [9.17, 15) is 23.1 Å². The Balaban J connectivity index is 2.67. The van der Waals surface area contributed by atoms with Gasteiger partial charge < -0.3 is 15.2 Å². The Morgan fingerprint density at radius 1 is 1.14 bits per heavy atom. The molecular formula is C24H36N4O6S. The maximum Gasteiger partial charge on any atom is 0.356 e. The van der Waals surface area contributed by atoms with Crippen LogP contribution in [0.3, 0.4) is 0 Å². The molecule has 0 unspecified atom stereocenters. The molecule has 1 aromatic heterocycles. The molecule has 0 aliphatic carbocycles. The second kappa shape index (κ2) is 9.98. The van der Waals surface area contributed by atoms with Crippen molar-refractivity contribution in [3.8, 4) is 11.6 Å². The summed E-state index contributed by atoms with van der Waals surface area (Å²) in [5.74, 6) is -1.26. The lowest BCUT2D eigenvalue weighted by atomic mass is 10.1. The van der Waals surface area contributed by atoms with Gasteiger partial charge in [0.15, 0.2) is 5.69 Å². The van der Waals surface area contributed by atoms with Crippen LogP contribution < -0.4 is 14.8 Å². The normalized spacial score (nSPS) is 12.6. The molecular weight excluding hydrogens is 472 g/mol. The molecule has 35 heavy (non-hydrogen) atoms. The lowest BCUT2D eigenvalue weighted by Crippen LogP contribution is -2.40. The van der Waals surface area contributed by atoms with Crippen LogP contribution in [0.1, 0.15) is 77.9 Å². The van der Waals surface area contributed by atoms with Crippen molar-refractivity contribution in [1.82, 2.24) is 14.5 Å². The number of sulfonamides is 1. The average molecular weight is 509 g/mol. The number of nitrogens with one attached hydrogen (secondary N) is 2. The number of aromatic carboxylic acids is 1. The van der Waals surface area contributed by atoms with Crippen LogP contribution in [-0.2, 0) is 20.4 Å². The van der Waals surface area contributed by atoms with Crippen LogP contribution in [0.25, 0.3) is 0 Å². The van der Waals surface area contributed by atoms with Crippen molar-refractivity contribution in [1.29, 1.82) is 0 Å². The van der Waals surface area contributed by atoms with Crippen LogP contribution >= 0.6 is 0 Å². The monoisotopic (exact) mass is 508 g/mol. The first kappa shape index (κ1) is 28.3. The Morgan fingerprint density at radius 3 is 2.23 bits per heavy atom. The first-order valence-electron chi connectivity index (χ1n) is 11.3. The predicted octanol–water partition coefficient (Wildman–Crippen LogP) is 4.50. The standard InChI is InChI=1S/C24H36N4O6S/c1-14(2)12-19(29)25-16-10-11-17(18(13-16)35(32,33)27-23(4,5)6)34-21-15(3)20(22(30)31)26-28(21)24(7,8)9/h10-11,13-14,27H,12H2,1-9H3,(H,25,29)(H,30,31). The maximum atomic E-state index is 13.3. The Kier molecular flexibility index (Phi) is 8.08. The largest absolute Gasteiger partial charge is 0.476 e. The fourth-order valence-electron chi connectivity index (χ4n) is 3.28. The van der Waals surface area contributed by atoms with Crippen molar-refractivity contribution in [2.45, 2.75) is 84.7 Å². The van der Waals surface area contributed by atoms with Gasteiger partial charge in [-0.2, -0.15) is 5.10 Å². The fraction of sp³-hybridized carbons (Fsp3) is 0.542. The predicted molar refractivity (Wildman–Crippen MR) is 134 cm³/mol. The van der Waals surface area contributed by atoms with Gasteiger partial charge in [0.25, 0.3) is 0 Å². The summed E-state index contributed by atoms with van der Waals surface area (Å²) in [5, 5.41) is 16.5. The van der Waals surface area contributed by atoms with Gasteiger partial charge in [0.1, 0.15) is 10.6 Å². The molecule has 1 aromatic carbocycles. The van der Waals surface area contributed by atoms with E-state index in [2.05, 4.69) is 15.1 Å². The van der Waals surface area contributed by atoms with Gasteiger partial charge >= 0.3 is 5.97 Å². The van der Waals surface area contributed by atoms with Gasteiger partial charge in [0.2, 0.25) is 21.8 Å². The molecule has 0 spiro atoms. The molecule has 1 heterocycles. The highest BCUT2D eigenvalue weighted by Crippen LogP contribution is 2.36. The zero-order valence-electron chi connectivity index (χ0n) is 21.8. The molecule has 0 aliphatic rings. The summed E-state index contributed by atoms with van der Waals surface area (Å²) in [5.41, 5.74) is -1.07. The number of rotatable bonds is 8. The second-order valence-electron chi connectivity index (χ2n) is 10.9. The number of benzene rings is 1. The highest BCUT2D eigenvalue weighted by Gasteiger charge is 2.31. The molecule has 2 rings (SSSR count). The summed E-state index contributed by atoms with van der Waals surface area (Å²) < 4.78 is 36.7. The molecule has 3 N–H and O–H groups in total. The molecule has 0 saturated heterocycles. The molecule has 10 nitrogen and oxygen atoms in total. The Bertz CT molecular complexity index is 1220. The molecule has 0 fully saturated rings. The smallest absolute Gasteiger partial charge is 0.356 e. The summed E-state index contributed by atoms with van der Waals surface area (Å²) >= 11 is 0. The van der Waals surface area contributed by atoms with Gasteiger partial charge in [-0.05, 0) is 72.6 Å². The van der Waals surface area contributed by atoms with E-state index in [1.54, 1.807) is 27.7 Å². The van der Waals surface area contributed by atoms with Crippen molar-refractivity contribution >= 4 is 27.6 Å². The Morgan fingerprint density at radius 2 is 1.74 bits per heavy atom. The number of carbonyl (C=O) groups excluding carboxylic acids is 1. The minimum absolute atomic E-state index is 0.0333. The molecule has 194 valence electrons. The fourth-order valence-corrected chi connectivity index (χ4v) is 4.86. The highest BCUT2D eigenvalue weighted by atomic mass is 32.2. The number of hydrogen-bond acceptors (Lipinski definition) is 6. The van der Waals surface area contributed by atoms with Crippen LogP contribution in [0.4, 0.5) is 5.69 Å². The SMILES string of the molecule is Cc1c(C(=O)O)nn(C(C)(C)C)c1Oc1ccc(NC(=O)CC(C)C)cc1S(=O)(=O)NC(C)(C)C. The zero-order valence-corrected chi connectivity index (χ0v) is 22.6. The van der Waals surface area contributed by atoms with Crippen molar-refractivity contribution in [3.63, 3.8) is 0 Å². The molecule has 0 saturated carbocycles. The third-order valence-corrected chi connectivity index (χ3v) is 6.44. The summed E-state index contributed by atoms with van der Waals surface area (Å²) in [6.45, 7) is 16.0. The summed E-state index contributed by atoms with van der Waals surface area (Å²) in [7, 11) is -4.09. The number of ether oxygens (including phenoxy) is 1. The van der Waals surface area contributed by atoms with E-state index in [1.165, 1.54) is 22.9 Å². The number of carboxylic acids is 1. The van der Waals surface area contributed by atoms with Gasteiger partial charge in [-0.3, -0.25) is 4.79 Å². The Labute approximate surface area is 207 Å². The molecule has 0 radical (unpaired) electrons. The Hall–Kier alpha value is -2.92. The third kappa shape index (κ3) is 7.28. The lowest BCUT2D eigenvalue weighted by Gasteiger charge is -2.24. The average Bonchev–Trinajstić information content (AvgIpc) is 2.97. The minimum atomic E-state index is -4.09. The minimum Gasteiger partial charge on any atom is -0.476 e. The van der Waals surface area contributed by atoms with Gasteiger partial charge in [-0.1, -0.05) is 13.8 Å². The van der Waals surface area contributed by atoms with Crippen LogP contribution in [0, 0.1) is 12.8 Å². The molecule has 0 bridgehead atoms. The quantitative estimate of drug-likeness (QED) is 0.477. The zero-order chi connectivity index (χ0) is 26.9. The van der Waals surface area contributed by atoms with Crippen LogP contribution in [-0.4, -0.2) is 40.7 Å². The molecule has 11 heteroatoms. The number of nitrogens with zero attached hydrogens (tertiary/aromatic N) is 2. The van der Waals surface area contributed by atoms with Gasteiger partial charge in [0, 0.05) is 23.2 Å². The number of amides is 1. The molecule has 1 amide bonds. The first-order chi connectivity index (χ1) is 15.8. The van der Waals surface area contributed by atoms with E-state index in [0.29, 0.717) is 5.69 Å². The second-order valence-corrected chi connectivity index (χ2v) is 12.6. The van der Waals surface area contributed by atoms with Crippen molar-refractivity contribution < 1.29 is 27.9 Å². The lowest BCUT2D eigenvalue weighted by molar-refractivity contribution is -0.116. The molecule has 2 aromatic rings. The molecule has 0 aliphatic heterocycles. The van der Waals surface area contributed by atoms with E-state index in [-0.39, 0.29) is 46.0 Å². The number of carboxylic acid groups (broad SMARTS) is 1. The highest BCUT2D eigenvalue weighted by molar-refractivity contribution is 7.89. The van der Waals surface area contributed by atoms with Crippen molar-refractivity contribution in [3.05, 3.63) is 29.5 Å². The number of hydrogen-bond donors (Lipinski definition) is 3. The summed E-state index contributed by atoms with van der Waals surface area (Å²) in [4.78, 5) is 23.8. The van der Waals surface area contributed by atoms with Gasteiger partial charge in [-0.25, -0.2) is 22.6 Å². The van der Waals surface area contributed by atoms with Crippen LogP contribution in [0.15, 0.2) is 23.1 Å². The molecule has 0 atom stereocenters. The van der Waals surface area contributed by atoms with Crippen LogP contribution in [0.5, 0.6) is 11.6 Å². The number of aromatic nitrogens is 2. The van der Waals surface area contributed by atoms with E-state index in [0.717, 1.165) is 0 Å². The van der Waals surface area contributed by atoms with Gasteiger partial charge in [0.05, 0.1) is 5.54 Å². The van der Waals surface area contributed by atoms with E-state index in [4.69, 9.17) is 4.74 Å². The number of carbonyl (C=O) groups is 2. The summed E-state index contributed by atoms with van der Waals surface area (Å²) in [6, 6.07) is 4.30. The van der Waals surface area contributed by atoms with E-state index in [1.807, 2.05) is 34.6 Å². The number of anilines is 1. The van der Waals surface area contributed by atoms with Gasteiger partial charge in [-0.15, -0.1) is 0 Å². The summed E-state index contributed by atoms with van der Waals surface area (Å²) in [6.07, 6.45) is 0.280. The topological polar surface area (TPSA) is 140 Å². The third-order valence-electron chi connectivity index (χ3n) is 4.66. The first-order valence-corrected chi connectivity index (χ1v) is 12.8. The van der Waals surface area contributed by atoms with Crippen molar-refractivity contribution in [2.75, 3.05) is 5.32 Å². The van der Waals surface area contributed by atoms with E-state index >= 15 is 0 Å². The van der Waals surface area contributed by atoms with E-state index < -0.39 is 27.1 Å².